The third kappa shape index (κ3) is 17.0. The number of carbonyl (C=O) groups excluding carboxylic acids is 6. The van der Waals surface area contributed by atoms with Gasteiger partial charge in [-0.15, -0.1) is 0 Å². The number of amides is 6. The molecule has 20 nitrogen and oxygen atoms in total. The second-order valence-corrected chi connectivity index (χ2v) is 12.7. The van der Waals surface area contributed by atoms with E-state index in [1.807, 2.05) is 0 Å². The Morgan fingerprint density at radius 2 is 1.42 bits per heavy atom. The summed E-state index contributed by atoms with van der Waals surface area (Å²) in [4.78, 5) is 83.7. The molecular formula is C33H56N12O8. The molecule has 17 N–H and O–H groups in total. The summed E-state index contributed by atoms with van der Waals surface area (Å²) in [6.07, 6.45) is -0.507. The molecule has 0 aliphatic heterocycles. The first-order chi connectivity index (χ1) is 24.9. The number of guanidine groups is 1. The quantitative estimate of drug-likeness (QED) is 0.0263. The molecule has 0 fully saturated rings. The number of phenols is 1. The Bertz CT molecular complexity index is 1440. The molecule has 20 heteroatoms. The SMILES string of the molecule is CN[C@H](C(=O)N[C@@H](CCCN=C(N)N)C(=O)N[C@@H](CCC(N)=O)C(=O)N(C)[C@@H](CCCCC(=N)N)C(=O)N[C@@H](Cc1ccc(O)cc1)C(N)=O)[C@@H](C)O. The zero-order valence-corrected chi connectivity index (χ0v) is 30.5. The summed E-state index contributed by atoms with van der Waals surface area (Å²) in [7, 11) is 2.76. The van der Waals surface area contributed by atoms with Crippen molar-refractivity contribution >= 4 is 47.2 Å². The average Bonchev–Trinajstić information content (AvgIpc) is 3.07. The van der Waals surface area contributed by atoms with Crippen LogP contribution in [0.2, 0.25) is 0 Å². The van der Waals surface area contributed by atoms with E-state index in [0.717, 1.165) is 4.90 Å². The fourth-order valence-electron chi connectivity index (χ4n) is 5.35. The van der Waals surface area contributed by atoms with Gasteiger partial charge in [0.25, 0.3) is 0 Å². The number of phenolic OH excluding ortho intramolecular Hbond substituents is 1. The number of unbranched alkanes of at least 4 members (excludes halogenated alkanes) is 1. The van der Waals surface area contributed by atoms with E-state index >= 15 is 0 Å². The Balaban J connectivity index is 3.41. The first-order valence-electron chi connectivity index (χ1n) is 17.1. The standard InChI is InChI=1S/C33H56N12O8/c1-18(46)27(40-2)31(52)42-21(7-6-16-41-33(38)39)29(50)43-22(14-15-26(36)48)32(53)45(3)24(8-4-5-9-25(34)35)30(51)44-23(28(37)49)17-19-10-12-20(47)13-11-19/h10-13,18,21-24,27,40,46-47H,4-9,14-17H2,1-3H3,(H3,34,35)(H2,36,48)(H2,37,49)(H,42,52)(H,43,50)(H,44,51)(H4,38,39,41)/t18-,21+,22+,23+,24+,27+/m1/s1. The normalized spacial score (nSPS) is 14.3. The molecular weight excluding hydrogens is 692 g/mol. The molecule has 1 aromatic rings. The topological polar surface area (TPSA) is 361 Å². The summed E-state index contributed by atoms with van der Waals surface area (Å²) in [6, 6.07) is -0.238. The van der Waals surface area contributed by atoms with Gasteiger partial charge in [0.15, 0.2) is 5.96 Å². The number of aromatic hydroxyl groups is 1. The molecule has 6 atom stereocenters. The molecule has 296 valence electrons. The molecule has 0 saturated heterocycles. The van der Waals surface area contributed by atoms with Gasteiger partial charge < -0.3 is 65.0 Å². The van der Waals surface area contributed by atoms with Crippen molar-refractivity contribution in [3.05, 3.63) is 29.8 Å². The van der Waals surface area contributed by atoms with Gasteiger partial charge in [0.05, 0.1) is 11.9 Å². The van der Waals surface area contributed by atoms with Crippen molar-refractivity contribution in [1.82, 2.24) is 26.2 Å². The lowest BCUT2D eigenvalue weighted by molar-refractivity contribution is -0.143. The number of aliphatic imine (C=N–C) groups is 1. The Hall–Kier alpha value is -5.50. The zero-order valence-electron chi connectivity index (χ0n) is 30.5. The summed E-state index contributed by atoms with van der Waals surface area (Å²) < 4.78 is 0. The number of nitrogens with one attached hydrogen (secondary N) is 5. The van der Waals surface area contributed by atoms with Crippen LogP contribution in [0.25, 0.3) is 0 Å². The van der Waals surface area contributed by atoms with Gasteiger partial charge in [0.2, 0.25) is 35.4 Å². The Morgan fingerprint density at radius 3 is 1.94 bits per heavy atom. The number of hydrogen-bond acceptors (Lipinski definition) is 11. The molecule has 0 spiro atoms. The highest BCUT2D eigenvalue weighted by Gasteiger charge is 2.35. The number of rotatable bonds is 25. The van der Waals surface area contributed by atoms with Crippen LogP contribution in [0.4, 0.5) is 0 Å². The minimum atomic E-state index is -1.41. The van der Waals surface area contributed by atoms with Crippen LogP contribution in [0.1, 0.15) is 63.9 Å². The van der Waals surface area contributed by atoms with Gasteiger partial charge in [-0.25, -0.2) is 0 Å². The van der Waals surface area contributed by atoms with Gasteiger partial charge in [-0.05, 0) is 63.8 Å². The molecule has 1 rings (SSSR count). The maximum Gasteiger partial charge on any atom is 0.245 e. The third-order valence-corrected chi connectivity index (χ3v) is 8.28. The molecule has 0 aromatic heterocycles. The van der Waals surface area contributed by atoms with Crippen molar-refractivity contribution in [3.8, 4) is 5.75 Å². The Labute approximate surface area is 308 Å². The van der Waals surface area contributed by atoms with E-state index < -0.39 is 71.8 Å². The van der Waals surface area contributed by atoms with E-state index in [2.05, 4.69) is 26.3 Å². The number of hydrogen-bond donors (Lipinski definition) is 12. The summed E-state index contributed by atoms with van der Waals surface area (Å²) in [5.74, 6) is -4.93. The second-order valence-electron chi connectivity index (χ2n) is 12.7. The van der Waals surface area contributed by atoms with Gasteiger partial charge in [-0.3, -0.25) is 39.2 Å². The monoisotopic (exact) mass is 748 g/mol. The average molecular weight is 749 g/mol. The Morgan fingerprint density at radius 1 is 0.811 bits per heavy atom. The molecule has 0 unspecified atom stereocenters. The van der Waals surface area contributed by atoms with E-state index in [9.17, 15) is 39.0 Å². The van der Waals surface area contributed by atoms with Crippen molar-refractivity contribution in [2.45, 2.75) is 101 Å². The van der Waals surface area contributed by atoms with Crippen molar-refractivity contribution in [2.24, 2.45) is 33.7 Å². The summed E-state index contributed by atoms with van der Waals surface area (Å²) in [5, 5.41) is 37.6. The minimum absolute atomic E-state index is 0.00119. The first-order valence-corrected chi connectivity index (χ1v) is 17.1. The van der Waals surface area contributed by atoms with E-state index in [1.165, 1.54) is 33.2 Å². The van der Waals surface area contributed by atoms with E-state index in [-0.39, 0.29) is 69.0 Å². The highest BCUT2D eigenvalue weighted by Crippen LogP contribution is 2.16. The van der Waals surface area contributed by atoms with Gasteiger partial charge in [0, 0.05) is 32.9 Å². The van der Waals surface area contributed by atoms with Crippen LogP contribution in [0.5, 0.6) is 5.75 Å². The van der Waals surface area contributed by atoms with E-state index in [4.69, 9.17) is 34.1 Å². The third-order valence-electron chi connectivity index (χ3n) is 8.28. The Kier molecular flexibility index (Phi) is 19.9. The van der Waals surface area contributed by atoms with Crippen LogP contribution in [0.15, 0.2) is 29.3 Å². The number of amidine groups is 1. The summed E-state index contributed by atoms with van der Waals surface area (Å²) in [6.45, 7) is 1.49. The number of nitrogens with two attached hydrogens (primary N) is 5. The number of likely N-dealkylation sites (N-methyl/N-ethyl adjacent to an activating group) is 2. The number of nitrogens with zero attached hydrogens (tertiary/aromatic N) is 2. The lowest BCUT2D eigenvalue weighted by Gasteiger charge is -2.32. The van der Waals surface area contributed by atoms with Crippen LogP contribution < -0.4 is 49.9 Å². The number of carbonyl (C=O) groups is 6. The molecule has 6 amide bonds. The maximum absolute atomic E-state index is 14.1. The molecule has 0 heterocycles. The highest BCUT2D eigenvalue weighted by atomic mass is 16.3. The first kappa shape index (κ1) is 45.5. The fourth-order valence-corrected chi connectivity index (χ4v) is 5.35. The lowest BCUT2D eigenvalue weighted by Crippen LogP contribution is -2.59. The van der Waals surface area contributed by atoms with Gasteiger partial charge in [-0.2, -0.15) is 0 Å². The second kappa shape index (κ2) is 23.1. The number of benzene rings is 1. The molecule has 0 aliphatic rings. The van der Waals surface area contributed by atoms with Crippen LogP contribution >= 0.6 is 0 Å². The molecule has 1 aromatic carbocycles. The van der Waals surface area contributed by atoms with Crippen LogP contribution in [-0.2, 0) is 35.2 Å². The van der Waals surface area contributed by atoms with Crippen molar-refractivity contribution < 1.29 is 39.0 Å². The smallest absolute Gasteiger partial charge is 0.245 e. The lowest BCUT2D eigenvalue weighted by atomic mass is 10.0. The minimum Gasteiger partial charge on any atom is -0.508 e. The van der Waals surface area contributed by atoms with Gasteiger partial charge in [-0.1, -0.05) is 18.6 Å². The molecule has 0 radical (unpaired) electrons. The van der Waals surface area contributed by atoms with Gasteiger partial charge in [0.1, 0.15) is 36.0 Å². The maximum atomic E-state index is 14.1. The van der Waals surface area contributed by atoms with E-state index in [1.54, 1.807) is 12.1 Å². The summed E-state index contributed by atoms with van der Waals surface area (Å²) >= 11 is 0. The van der Waals surface area contributed by atoms with Gasteiger partial charge >= 0.3 is 0 Å². The molecule has 0 saturated carbocycles. The predicted octanol–water partition coefficient (Wildman–Crippen LogP) is -3.51. The van der Waals surface area contributed by atoms with Crippen LogP contribution in [0, 0.1) is 5.41 Å². The van der Waals surface area contributed by atoms with Crippen molar-refractivity contribution in [2.75, 3.05) is 20.6 Å². The highest BCUT2D eigenvalue weighted by molar-refractivity contribution is 5.96. The molecule has 0 bridgehead atoms. The van der Waals surface area contributed by atoms with Crippen LogP contribution in [0.3, 0.4) is 0 Å². The molecule has 53 heavy (non-hydrogen) atoms. The molecule has 0 aliphatic carbocycles. The summed E-state index contributed by atoms with van der Waals surface area (Å²) in [5.41, 5.74) is 27.8. The van der Waals surface area contributed by atoms with Crippen molar-refractivity contribution in [3.63, 3.8) is 0 Å². The zero-order chi connectivity index (χ0) is 40.2. The largest absolute Gasteiger partial charge is 0.508 e. The van der Waals surface area contributed by atoms with Crippen molar-refractivity contribution in [1.29, 1.82) is 5.41 Å². The van der Waals surface area contributed by atoms with E-state index in [0.29, 0.717) is 18.4 Å². The number of aliphatic hydroxyl groups excluding tert-OH is 1. The fraction of sp³-hybridized carbons (Fsp3) is 0.576. The predicted molar refractivity (Wildman–Crippen MR) is 197 cm³/mol. The van der Waals surface area contributed by atoms with Crippen LogP contribution in [-0.4, -0.2) is 119 Å². The number of primary amides is 2. The number of aliphatic hydroxyl groups is 1.